The Morgan fingerprint density at radius 1 is 0.976 bits per heavy atom. The van der Waals surface area contributed by atoms with Gasteiger partial charge in [0.15, 0.2) is 17.3 Å². The van der Waals surface area contributed by atoms with Crippen LogP contribution in [0.4, 0.5) is 0 Å². The lowest BCUT2D eigenvalue weighted by Gasteiger charge is -2.29. The van der Waals surface area contributed by atoms with Crippen LogP contribution in [0.2, 0.25) is 5.02 Å². The van der Waals surface area contributed by atoms with Crippen molar-refractivity contribution in [3.63, 3.8) is 0 Å². The number of methoxy groups -OCH3 is 3. The van der Waals surface area contributed by atoms with Gasteiger partial charge in [-0.05, 0) is 48.4 Å². The summed E-state index contributed by atoms with van der Waals surface area (Å²) in [6.07, 6.45) is 4.55. The summed E-state index contributed by atoms with van der Waals surface area (Å²) in [6.45, 7) is 0.830. The van der Waals surface area contributed by atoms with E-state index in [-0.39, 0.29) is 17.7 Å². The van der Waals surface area contributed by atoms with E-state index >= 15 is 0 Å². The lowest BCUT2D eigenvalue weighted by atomic mass is 9.93. The Hall–Kier alpha value is -4.11. The molecule has 1 fully saturated rings. The quantitative estimate of drug-likeness (QED) is 0.225. The molecule has 5 rings (SSSR count). The number of rotatable bonds is 10. The minimum absolute atomic E-state index is 0.0634. The lowest BCUT2D eigenvalue weighted by Crippen LogP contribution is -2.28. The van der Waals surface area contributed by atoms with Crippen molar-refractivity contribution in [1.82, 2.24) is 4.98 Å². The normalized spacial score (nSPS) is 14.4. The van der Waals surface area contributed by atoms with Crippen molar-refractivity contribution >= 4 is 40.6 Å². The maximum Gasteiger partial charge on any atom is 0.336 e. The summed E-state index contributed by atoms with van der Waals surface area (Å²) >= 11 is 6.14. The standard InChI is InChI=1S/C32H30ClNO7/c1-37-28-19-26(31(35)36)25(29(38-2)30(28)39-3)13-14-32(40-15-16-41-32)22-6-4-5-20(17-22)7-11-24-12-9-21-8-10-23(33)18-27(21)34-24/h4-12,17-19H,13-16H2,1-3H3,(H,35,36)/b11-7+. The number of pyridine rings is 1. The number of halogens is 1. The van der Waals surface area contributed by atoms with Crippen LogP contribution in [0.5, 0.6) is 17.2 Å². The summed E-state index contributed by atoms with van der Waals surface area (Å²) in [4.78, 5) is 16.9. The van der Waals surface area contributed by atoms with Gasteiger partial charge in [-0.25, -0.2) is 9.78 Å². The van der Waals surface area contributed by atoms with Gasteiger partial charge in [-0.3, -0.25) is 0 Å². The summed E-state index contributed by atoms with van der Waals surface area (Å²) in [5, 5.41) is 11.6. The molecule has 1 aliphatic rings. The average molecular weight is 576 g/mol. The molecule has 0 radical (unpaired) electrons. The number of carbonyl (C=O) groups is 1. The van der Waals surface area contributed by atoms with Crippen molar-refractivity contribution in [3.05, 3.63) is 93.6 Å². The number of aromatic carboxylic acids is 1. The molecule has 1 aromatic heterocycles. The van der Waals surface area contributed by atoms with Crippen LogP contribution in [0.15, 0.2) is 60.7 Å². The van der Waals surface area contributed by atoms with Crippen LogP contribution < -0.4 is 14.2 Å². The summed E-state index contributed by atoms with van der Waals surface area (Å²) in [6, 6.07) is 18.9. The molecule has 2 heterocycles. The van der Waals surface area contributed by atoms with E-state index in [0.717, 1.165) is 27.7 Å². The Kier molecular flexibility index (Phi) is 8.44. The van der Waals surface area contributed by atoms with Gasteiger partial charge >= 0.3 is 5.97 Å². The molecule has 212 valence electrons. The molecule has 0 saturated carbocycles. The van der Waals surface area contributed by atoms with Crippen LogP contribution in [0.25, 0.3) is 23.1 Å². The van der Waals surface area contributed by atoms with Crippen molar-refractivity contribution in [3.8, 4) is 17.2 Å². The summed E-state index contributed by atoms with van der Waals surface area (Å²) in [5.41, 5.74) is 3.92. The van der Waals surface area contributed by atoms with Crippen LogP contribution in [0, 0.1) is 0 Å². The highest BCUT2D eigenvalue weighted by atomic mass is 35.5. The van der Waals surface area contributed by atoms with E-state index < -0.39 is 11.8 Å². The minimum Gasteiger partial charge on any atom is -0.493 e. The van der Waals surface area contributed by atoms with E-state index in [1.54, 1.807) is 0 Å². The Morgan fingerprint density at radius 2 is 1.73 bits per heavy atom. The fourth-order valence-corrected chi connectivity index (χ4v) is 5.28. The largest absolute Gasteiger partial charge is 0.493 e. The number of aromatic nitrogens is 1. The van der Waals surface area contributed by atoms with Crippen molar-refractivity contribution in [2.45, 2.75) is 18.6 Å². The van der Waals surface area contributed by atoms with Crippen molar-refractivity contribution < 1.29 is 33.6 Å². The molecular weight excluding hydrogens is 546 g/mol. The number of ether oxygens (including phenoxy) is 5. The van der Waals surface area contributed by atoms with Gasteiger partial charge < -0.3 is 28.8 Å². The number of hydrogen-bond donors (Lipinski definition) is 1. The van der Waals surface area contributed by atoms with Crippen LogP contribution in [-0.4, -0.2) is 50.6 Å². The van der Waals surface area contributed by atoms with E-state index in [1.165, 1.54) is 27.4 Å². The number of benzene rings is 3. The van der Waals surface area contributed by atoms with E-state index in [0.29, 0.717) is 41.7 Å². The van der Waals surface area contributed by atoms with E-state index in [4.69, 9.17) is 40.3 Å². The number of carboxylic acid groups (broad SMARTS) is 1. The molecule has 8 nitrogen and oxygen atoms in total. The summed E-state index contributed by atoms with van der Waals surface area (Å²) in [7, 11) is 4.40. The zero-order chi connectivity index (χ0) is 29.0. The smallest absolute Gasteiger partial charge is 0.336 e. The van der Waals surface area contributed by atoms with Gasteiger partial charge in [-0.15, -0.1) is 0 Å². The molecule has 0 aliphatic carbocycles. The molecular formula is C32H30ClNO7. The van der Waals surface area contributed by atoms with Gasteiger partial charge in [0.2, 0.25) is 5.75 Å². The Bertz CT molecular complexity index is 1610. The van der Waals surface area contributed by atoms with Crippen molar-refractivity contribution in [1.29, 1.82) is 0 Å². The topological polar surface area (TPSA) is 96.3 Å². The summed E-state index contributed by atoms with van der Waals surface area (Å²) in [5.74, 6) is -1.25. The first-order valence-electron chi connectivity index (χ1n) is 13.1. The van der Waals surface area contributed by atoms with E-state index in [9.17, 15) is 9.90 Å². The van der Waals surface area contributed by atoms with Crippen LogP contribution in [0.1, 0.15) is 39.2 Å². The van der Waals surface area contributed by atoms with Gasteiger partial charge in [-0.2, -0.15) is 0 Å². The first kappa shape index (κ1) is 28.4. The predicted octanol–water partition coefficient (Wildman–Crippen LogP) is 6.62. The van der Waals surface area contributed by atoms with E-state index in [1.807, 2.05) is 66.7 Å². The number of carboxylic acids is 1. The molecule has 0 spiro atoms. The third-order valence-electron chi connectivity index (χ3n) is 7.07. The molecule has 9 heteroatoms. The maximum absolute atomic E-state index is 12.2. The Balaban J connectivity index is 1.44. The fraction of sp³-hybridized carbons (Fsp3) is 0.250. The minimum atomic E-state index is -1.10. The highest BCUT2D eigenvalue weighted by molar-refractivity contribution is 6.31. The molecule has 0 unspecified atom stereocenters. The van der Waals surface area contributed by atoms with Gasteiger partial charge in [0.05, 0.1) is 51.3 Å². The highest BCUT2D eigenvalue weighted by Crippen LogP contribution is 2.44. The Morgan fingerprint density at radius 3 is 2.44 bits per heavy atom. The maximum atomic E-state index is 12.2. The lowest BCUT2D eigenvalue weighted by molar-refractivity contribution is -0.170. The first-order valence-corrected chi connectivity index (χ1v) is 13.4. The second-order valence-corrected chi connectivity index (χ2v) is 9.89. The molecule has 1 saturated heterocycles. The SMILES string of the molecule is COc1cc(C(=O)O)c(CCC2(c3cccc(/C=C/c4ccc5ccc(Cl)cc5n4)c3)OCCO2)c(OC)c1OC. The van der Waals surface area contributed by atoms with Gasteiger partial charge in [-0.1, -0.05) is 48.0 Å². The molecule has 3 aromatic carbocycles. The van der Waals surface area contributed by atoms with Crippen molar-refractivity contribution in [2.24, 2.45) is 0 Å². The van der Waals surface area contributed by atoms with Gasteiger partial charge in [0.25, 0.3) is 0 Å². The molecule has 41 heavy (non-hydrogen) atoms. The molecule has 1 N–H and O–H groups in total. The zero-order valence-electron chi connectivity index (χ0n) is 23.0. The first-order chi connectivity index (χ1) is 19.9. The van der Waals surface area contributed by atoms with Gasteiger partial charge in [0, 0.05) is 28.0 Å². The second kappa shape index (κ2) is 12.2. The van der Waals surface area contributed by atoms with E-state index in [2.05, 4.69) is 0 Å². The molecule has 0 amide bonds. The van der Waals surface area contributed by atoms with Crippen LogP contribution in [-0.2, 0) is 21.7 Å². The molecule has 0 atom stereocenters. The third-order valence-corrected chi connectivity index (χ3v) is 7.30. The third kappa shape index (κ3) is 5.86. The molecule has 1 aliphatic heterocycles. The fourth-order valence-electron chi connectivity index (χ4n) is 5.11. The molecule has 0 bridgehead atoms. The van der Waals surface area contributed by atoms with Crippen LogP contribution >= 0.6 is 11.6 Å². The summed E-state index contributed by atoms with van der Waals surface area (Å²) < 4.78 is 28.8. The number of nitrogens with zero attached hydrogens (tertiary/aromatic N) is 1. The predicted molar refractivity (Wildman–Crippen MR) is 157 cm³/mol. The highest BCUT2D eigenvalue weighted by Gasteiger charge is 2.39. The number of hydrogen-bond acceptors (Lipinski definition) is 7. The monoisotopic (exact) mass is 575 g/mol. The zero-order valence-corrected chi connectivity index (χ0v) is 23.7. The molecule has 4 aromatic rings. The average Bonchev–Trinajstić information content (AvgIpc) is 3.48. The van der Waals surface area contributed by atoms with Crippen molar-refractivity contribution in [2.75, 3.05) is 34.5 Å². The number of fused-ring (bicyclic) bond motifs is 1. The van der Waals surface area contributed by atoms with Gasteiger partial charge in [0.1, 0.15) is 0 Å². The second-order valence-electron chi connectivity index (χ2n) is 9.46. The Labute approximate surface area is 243 Å². The van der Waals surface area contributed by atoms with Crippen LogP contribution in [0.3, 0.4) is 0 Å².